The third-order valence-corrected chi connectivity index (χ3v) is 5.68. The first-order chi connectivity index (χ1) is 18.5. The fraction of sp³-hybridized carbons (Fsp3) is 0.308. The predicted octanol–water partition coefficient (Wildman–Crippen LogP) is 2.47. The van der Waals surface area contributed by atoms with Crippen molar-refractivity contribution in [1.29, 1.82) is 0 Å². The second kappa shape index (κ2) is 12.8. The molecule has 1 fully saturated rings. The van der Waals surface area contributed by atoms with Crippen LogP contribution >= 0.6 is 0 Å². The van der Waals surface area contributed by atoms with Gasteiger partial charge in [-0.15, -0.1) is 5.06 Å². The average Bonchev–Trinajstić information content (AvgIpc) is 3.23. The van der Waals surface area contributed by atoms with Crippen molar-refractivity contribution < 1.29 is 46.8 Å². The Morgan fingerprint density at radius 2 is 1.41 bits per heavy atom. The standard InChI is InChI=1S/C26H24F3N3O7/c27-26(28,29)25(38)30-15-5-4-8-19(24(37)39-32-20(33)13-14-21(32)34)31-23(36)18-11-9-17(10-12-18)22(35)16-6-2-1-3-7-16/h1-3,6-7,9-12,19H,4-5,8,13-15H2,(H,30,38)(H,31,36). The summed E-state index contributed by atoms with van der Waals surface area (Å²) in [4.78, 5) is 77.5. The molecule has 1 heterocycles. The molecule has 1 unspecified atom stereocenters. The van der Waals surface area contributed by atoms with Gasteiger partial charge in [-0.2, -0.15) is 13.2 Å². The van der Waals surface area contributed by atoms with E-state index in [4.69, 9.17) is 4.84 Å². The summed E-state index contributed by atoms with van der Waals surface area (Å²) < 4.78 is 36.9. The van der Waals surface area contributed by atoms with Crippen molar-refractivity contribution in [3.05, 3.63) is 71.3 Å². The van der Waals surface area contributed by atoms with Crippen LogP contribution in [0.3, 0.4) is 0 Å². The number of benzene rings is 2. The molecule has 2 N–H and O–H groups in total. The molecule has 1 aliphatic rings. The highest BCUT2D eigenvalue weighted by Gasteiger charge is 2.38. The maximum atomic E-state index is 12.8. The Morgan fingerprint density at radius 1 is 0.846 bits per heavy atom. The van der Waals surface area contributed by atoms with E-state index in [1.54, 1.807) is 35.6 Å². The number of hydrogen-bond donors (Lipinski definition) is 2. The van der Waals surface area contributed by atoms with Crippen LogP contribution in [0.5, 0.6) is 0 Å². The van der Waals surface area contributed by atoms with Gasteiger partial charge in [0.25, 0.3) is 17.7 Å². The fourth-order valence-corrected chi connectivity index (χ4v) is 3.61. The summed E-state index contributed by atoms with van der Waals surface area (Å²) in [5, 5.41) is 4.44. The van der Waals surface area contributed by atoms with Crippen molar-refractivity contribution in [3.8, 4) is 0 Å². The van der Waals surface area contributed by atoms with Gasteiger partial charge in [-0.25, -0.2) is 4.79 Å². The van der Waals surface area contributed by atoms with Crippen LogP contribution in [-0.2, 0) is 24.0 Å². The average molecular weight is 547 g/mol. The summed E-state index contributed by atoms with van der Waals surface area (Å²) >= 11 is 0. The number of amides is 4. The fourth-order valence-electron chi connectivity index (χ4n) is 3.61. The molecule has 206 valence electrons. The number of alkyl halides is 3. The number of imide groups is 1. The number of rotatable bonds is 11. The van der Waals surface area contributed by atoms with E-state index < -0.39 is 41.8 Å². The summed E-state index contributed by atoms with van der Waals surface area (Å²) in [6.07, 6.45) is -5.35. The summed E-state index contributed by atoms with van der Waals surface area (Å²) in [5.74, 6) is -5.69. The second-order valence-corrected chi connectivity index (χ2v) is 8.54. The number of halogens is 3. The van der Waals surface area contributed by atoms with Crippen LogP contribution in [0, 0.1) is 0 Å². The van der Waals surface area contributed by atoms with Gasteiger partial charge in [-0.05, 0) is 31.4 Å². The Bertz CT molecular complexity index is 1230. The van der Waals surface area contributed by atoms with Gasteiger partial charge in [0.05, 0.1) is 0 Å². The molecule has 1 atom stereocenters. The topological polar surface area (TPSA) is 139 Å². The van der Waals surface area contributed by atoms with Gasteiger partial charge in [0.1, 0.15) is 6.04 Å². The van der Waals surface area contributed by atoms with Crippen LogP contribution < -0.4 is 10.6 Å². The SMILES string of the molecule is O=C(NC(CCCCNC(=O)C(F)(F)F)C(=O)ON1C(=O)CCC1=O)c1ccc(C(=O)c2ccccc2)cc1. The zero-order valence-corrected chi connectivity index (χ0v) is 20.5. The number of carbonyl (C=O) groups is 6. The third-order valence-electron chi connectivity index (χ3n) is 5.68. The van der Waals surface area contributed by atoms with E-state index in [2.05, 4.69) is 5.32 Å². The molecule has 4 amide bonds. The summed E-state index contributed by atoms with van der Waals surface area (Å²) in [6.45, 7) is -0.339. The van der Waals surface area contributed by atoms with E-state index in [-0.39, 0.29) is 50.0 Å². The second-order valence-electron chi connectivity index (χ2n) is 8.54. The molecule has 0 aliphatic carbocycles. The van der Waals surface area contributed by atoms with E-state index in [1.807, 2.05) is 0 Å². The Labute approximate surface area is 220 Å². The van der Waals surface area contributed by atoms with E-state index in [1.165, 1.54) is 24.3 Å². The Balaban J connectivity index is 1.64. The number of unbranched alkanes of at least 4 members (excludes halogenated alkanes) is 1. The number of nitrogens with one attached hydrogen (secondary N) is 2. The Kier molecular flexibility index (Phi) is 9.52. The van der Waals surface area contributed by atoms with Crippen LogP contribution in [0.1, 0.15) is 58.4 Å². The highest BCUT2D eigenvalue weighted by molar-refractivity contribution is 6.09. The predicted molar refractivity (Wildman–Crippen MR) is 128 cm³/mol. The minimum absolute atomic E-state index is 0.0271. The number of hydroxylamine groups is 2. The molecule has 0 aromatic heterocycles. The zero-order valence-electron chi connectivity index (χ0n) is 20.5. The third kappa shape index (κ3) is 7.97. The van der Waals surface area contributed by atoms with Crippen LogP contribution in [0.25, 0.3) is 0 Å². The van der Waals surface area contributed by atoms with Gasteiger partial charge in [0.2, 0.25) is 0 Å². The first-order valence-corrected chi connectivity index (χ1v) is 11.9. The number of ketones is 1. The van der Waals surface area contributed by atoms with Gasteiger partial charge >= 0.3 is 18.1 Å². The van der Waals surface area contributed by atoms with Crippen LogP contribution in [0.4, 0.5) is 13.2 Å². The van der Waals surface area contributed by atoms with Crippen LogP contribution in [-0.4, -0.2) is 59.2 Å². The zero-order chi connectivity index (χ0) is 28.6. The largest absolute Gasteiger partial charge is 0.471 e. The maximum absolute atomic E-state index is 12.8. The molecule has 1 saturated heterocycles. The molecular weight excluding hydrogens is 523 g/mol. The monoisotopic (exact) mass is 547 g/mol. The van der Waals surface area contributed by atoms with Crippen LogP contribution in [0.2, 0.25) is 0 Å². The lowest BCUT2D eigenvalue weighted by Crippen LogP contribution is -2.45. The first-order valence-electron chi connectivity index (χ1n) is 11.9. The number of hydrogen-bond acceptors (Lipinski definition) is 7. The number of carbonyl (C=O) groups excluding carboxylic acids is 6. The first kappa shape index (κ1) is 29.0. The molecule has 2 aromatic rings. The van der Waals surface area contributed by atoms with E-state index in [9.17, 15) is 41.9 Å². The summed E-state index contributed by atoms with van der Waals surface area (Å²) in [7, 11) is 0. The molecule has 0 radical (unpaired) electrons. The van der Waals surface area contributed by atoms with Crippen molar-refractivity contribution in [2.24, 2.45) is 0 Å². The molecule has 13 heteroatoms. The maximum Gasteiger partial charge on any atom is 0.471 e. The summed E-state index contributed by atoms with van der Waals surface area (Å²) in [5.41, 5.74) is 0.860. The quantitative estimate of drug-likeness (QED) is 0.250. The summed E-state index contributed by atoms with van der Waals surface area (Å²) in [6, 6.07) is 12.7. The highest BCUT2D eigenvalue weighted by Crippen LogP contribution is 2.16. The lowest BCUT2D eigenvalue weighted by Gasteiger charge is -2.20. The minimum Gasteiger partial charge on any atom is -0.348 e. The molecule has 2 aromatic carbocycles. The molecule has 10 nitrogen and oxygen atoms in total. The highest BCUT2D eigenvalue weighted by atomic mass is 19.4. The van der Waals surface area contributed by atoms with Gasteiger partial charge in [-0.1, -0.05) is 42.5 Å². The molecule has 1 aliphatic heterocycles. The van der Waals surface area contributed by atoms with Crippen molar-refractivity contribution in [2.75, 3.05) is 6.54 Å². The molecule has 0 saturated carbocycles. The van der Waals surface area contributed by atoms with E-state index >= 15 is 0 Å². The van der Waals surface area contributed by atoms with Gasteiger partial charge in [-0.3, -0.25) is 24.0 Å². The van der Waals surface area contributed by atoms with Gasteiger partial charge in [0.15, 0.2) is 5.78 Å². The molecule has 0 spiro atoms. The van der Waals surface area contributed by atoms with Crippen LogP contribution in [0.15, 0.2) is 54.6 Å². The molecular formula is C26H24F3N3O7. The number of nitrogens with zero attached hydrogens (tertiary/aromatic N) is 1. The Morgan fingerprint density at radius 3 is 2.00 bits per heavy atom. The molecule has 0 bridgehead atoms. The van der Waals surface area contributed by atoms with Crippen molar-refractivity contribution in [3.63, 3.8) is 0 Å². The van der Waals surface area contributed by atoms with Crippen molar-refractivity contribution in [2.45, 2.75) is 44.3 Å². The van der Waals surface area contributed by atoms with Gasteiger partial charge < -0.3 is 15.5 Å². The lowest BCUT2D eigenvalue weighted by molar-refractivity contribution is -0.199. The van der Waals surface area contributed by atoms with Gasteiger partial charge in [0, 0.05) is 36.1 Å². The smallest absolute Gasteiger partial charge is 0.348 e. The molecule has 3 rings (SSSR count). The normalized spacial score (nSPS) is 14.1. The van der Waals surface area contributed by atoms with Crippen molar-refractivity contribution >= 4 is 35.4 Å². The lowest BCUT2D eigenvalue weighted by atomic mass is 10.0. The minimum atomic E-state index is -5.03. The molecule has 39 heavy (non-hydrogen) atoms. The Hall–Kier alpha value is -4.55. The van der Waals surface area contributed by atoms with E-state index in [0.29, 0.717) is 16.2 Å². The van der Waals surface area contributed by atoms with E-state index in [0.717, 1.165) is 0 Å². The van der Waals surface area contributed by atoms with Crippen molar-refractivity contribution in [1.82, 2.24) is 15.7 Å².